The molecule has 5 heteroatoms. The predicted octanol–water partition coefficient (Wildman–Crippen LogP) is 3.89. The number of hydrogen-bond acceptors (Lipinski definition) is 3. The molecule has 2 rings (SSSR count). The molecule has 0 aromatic heterocycles. The normalized spacial score (nSPS) is 10.4. The first-order valence-corrected chi connectivity index (χ1v) is 7.30. The van der Waals surface area contributed by atoms with E-state index >= 15 is 0 Å². The van der Waals surface area contributed by atoms with Crippen molar-refractivity contribution >= 4 is 17.6 Å². The summed E-state index contributed by atoms with van der Waals surface area (Å²) in [7, 11) is 0. The van der Waals surface area contributed by atoms with Crippen LogP contribution in [0.3, 0.4) is 0 Å². The monoisotopic (exact) mass is 315 g/mol. The number of hydrogen-bond donors (Lipinski definition) is 1. The molecule has 0 aliphatic heterocycles. The van der Waals surface area contributed by atoms with E-state index < -0.39 is 17.7 Å². The van der Waals surface area contributed by atoms with E-state index in [4.69, 9.17) is 4.74 Å². The van der Waals surface area contributed by atoms with Crippen molar-refractivity contribution in [3.8, 4) is 0 Å². The number of amides is 1. The first kappa shape index (κ1) is 16.7. The topological polar surface area (TPSA) is 55.4 Å². The highest BCUT2D eigenvalue weighted by molar-refractivity contribution is 6.04. The van der Waals surface area contributed by atoms with Gasteiger partial charge in [-0.05, 0) is 48.4 Å². The second-order valence-corrected chi connectivity index (χ2v) is 5.53. The highest BCUT2D eigenvalue weighted by Gasteiger charge is 2.10. The number of anilines is 1. The van der Waals surface area contributed by atoms with E-state index in [0.717, 1.165) is 6.07 Å². The zero-order valence-electron chi connectivity index (χ0n) is 13.0. The van der Waals surface area contributed by atoms with Gasteiger partial charge in [0.1, 0.15) is 5.82 Å². The van der Waals surface area contributed by atoms with Crippen LogP contribution >= 0.6 is 0 Å². The fraction of sp³-hybridized carbons (Fsp3) is 0.222. The van der Waals surface area contributed by atoms with Gasteiger partial charge in [-0.15, -0.1) is 0 Å². The number of carbonyl (C=O) groups excluding carboxylic acids is 2. The minimum atomic E-state index is -0.471. The summed E-state index contributed by atoms with van der Waals surface area (Å²) in [4.78, 5) is 23.8. The van der Waals surface area contributed by atoms with Gasteiger partial charge in [-0.2, -0.15) is 0 Å². The SMILES string of the molecule is CC(C)COC(=O)c1ccc(NC(=O)c2cccc(F)c2)cc1. The molecule has 0 atom stereocenters. The minimum absolute atomic E-state index is 0.227. The Balaban J connectivity index is 1.99. The molecule has 0 radical (unpaired) electrons. The van der Waals surface area contributed by atoms with Gasteiger partial charge in [-0.3, -0.25) is 4.79 Å². The van der Waals surface area contributed by atoms with E-state index in [2.05, 4.69) is 5.32 Å². The quantitative estimate of drug-likeness (QED) is 0.852. The van der Waals surface area contributed by atoms with Crippen molar-refractivity contribution in [1.82, 2.24) is 0 Å². The average molecular weight is 315 g/mol. The molecule has 0 unspecified atom stereocenters. The lowest BCUT2D eigenvalue weighted by Crippen LogP contribution is -2.13. The van der Waals surface area contributed by atoms with Crippen LogP contribution in [-0.2, 0) is 4.74 Å². The molecule has 0 bridgehead atoms. The first-order valence-electron chi connectivity index (χ1n) is 7.30. The Morgan fingerprint density at radius 1 is 1.09 bits per heavy atom. The summed E-state index contributed by atoms with van der Waals surface area (Å²) in [6.45, 7) is 4.27. The highest BCUT2D eigenvalue weighted by atomic mass is 19.1. The highest BCUT2D eigenvalue weighted by Crippen LogP contribution is 2.13. The molecule has 0 fully saturated rings. The second kappa shape index (κ2) is 7.54. The average Bonchev–Trinajstić information content (AvgIpc) is 2.53. The van der Waals surface area contributed by atoms with Crippen molar-refractivity contribution in [2.45, 2.75) is 13.8 Å². The zero-order valence-corrected chi connectivity index (χ0v) is 13.0. The molecule has 4 nitrogen and oxygen atoms in total. The number of halogens is 1. The molecule has 1 amide bonds. The lowest BCUT2D eigenvalue weighted by Gasteiger charge is -2.08. The minimum Gasteiger partial charge on any atom is -0.462 e. The Morgan fingerprint density at radius 3 is 2.39 bits per heavy atom. The smallest absolute Gasteiger partial charge is 0.338 e. The van der Waals surface area contributed by atoms with Gasteiger partial charge in [0.2, 0.25) is 0 Å². The maximum Gasteiger partial charge on any atom is 0.338 e. The number of ether oxygens (including phenoxy) is 1. The van der Waals surface area contributed by atoms with Gasteiger partial charge in [0.05, 0.1) is 12.2 Å². The maximum atomic E-state index is 13.1. The van der Waals surface area contributed by atoms with Crippen LogP contribution in [0, 0.1) is 11.7 Å². The summed E-state index contributed by atoms with van der Waals surface area (Å²) in [5.74, 6) is -1.02. The van der Waals surface area contributed by atoms with Gasteiger partial charge in [-0.25, -0.2) is 9.18 Å². The standard InChI is InChI=1S/C18H18FNO3/c1-12(2)11-23-18(22)13-6-8-16(9-7-13)20-17(21)14-4-3-5-15(19)10-14/h3-10,12H,11H2,1-2H3,(H,20,21). The third kappa shape index (κ3) is 4.92. The van der Waals surface area contributed by atoms with Gasteiger partial charge in [-0.1, -0.05) is 19.9 Å². The summed E-state index contributed by atoms with van der Waals surface area (Å²) in [5.41, 5.74) is 1.15. The lowest BCUT2D eigenvalue weighted by atomic mass is 10.1. The summed E-state index contributed by atoms with van der Waals surface area (Å²) >= 11 is 0. The number of rotatable bonds is 5. The van der Waals surface area contributed by atoms with Crippen LogP contribution in [0.25, 0.3) is 0 Å². The number of nitrogens with one attached hydrogen (secondary N) is 1. The van der Waals surface area contributed by atoms with Crippen molar-refractivity contribution < 1.29 is 18.7 Å². The van der Waals surface area contributed by atoms with E-state index in [1.807, 2.05) is 13.8 Å². The molecular weight excluding hydrogens is 297 g/mol. The third-order valence-corrected chi connectivity index (χ3v) is 3.01. The number of benzene rings is 2. The van der Waals surface area contributed by atoms with E-state index in [-0.39, 0.29) is 11.5 Å². The summed E-state index contributed by atoms with van der Waals surface area (Å²) < 4.78 is 18.2. The predicted molar refractivity (Wildman–Crippen MR) is 85.9 cm³/mol. The number of carbonyl (C=O) groups is 2. The molecule has 1 N–H and O–H groups in total. The van der Waals surface area contributed by atoms with Crippen LogP contribution in [-0.4, -0.2) is 18.5 Å². The lowest BCUT2D eigenvalue weighted by molar-refractivity contribution is 0.0459. The Kier molecular flexibility index (Phi) is 5.46. The maximum absolute atomic E-state index is 13.1. The van der Waals surface area contributed by atoms with Crippen LogP contribution in [0.5, 0.6) is 0 Å². The molecule has 120 valence electrons. The van der Waals surface area contributed by atoms with Crippen molar-refractivity contribution in [2.24, 2.45) is 5.92 Å². The first-order chi connectivity index (χ1) is 11.0. The molecule has 0 saturated carbocycles. The summed E-state index contributed by atoms with van der Waals surface area (Å²) in [6.07, 6.45) is 0. The van der Waals surface area contributed by atoms with E-state index in [9.17, 15) is 14.0 Å². The fourth-order valence-corrected chi connectivity index (χ4v) is 1.85. The molecule has 2 aromatic rings. The Morgan fingerprint density at radius 2 is 1.78 bits per heavy atom. The Hall–Kier alpha value is -2.69. The fourth-order valence-electron chi connectivity index (χ4n) is 1.85. The second-order valence-electron chi connectivity index (χ2n) is 5.53. The molecular formula is C18H18FNO3. The van der Waals surface area contributed by atoms with Gasteiger partial charge < -0.3 is 10.1 Å². The molecule has 23 heavy (non-hydrogen) atoms. The van der Waals surface area contributed by atoms with Gasteiger partial charge in [0.25, 0.3) is 5.91 Å². The number of esters is 1. The van der Waals surface area contributed by atoms with Crippen LogP contribution in [0.4, 0.5) is 10.1 Å². The molecule has 0 aliphatic rings. The van der Waals surface area contributed by atoms with E-state index in [1.165, 1.54) is 18.2 Å². The molecule has 0 aliphatic carbocycles. The van der Waals surface area contributed by atoms with E-state index in [1.54, 1.807) is 24.3 Å². The van der Waals surface area contributed by atoms with Crippen molar-refractivity contribution in [3.05, 3.63) is 65.5 Å². The molecule has 0 saturated heterocycles. The van der Waals surface area contributed by atoms with Crippen LogP contribution in [0.2, 0.25) is 0 Å². The van der Waals surface area contributed by atoms with Crippen molar-refractivity contribution in [2.75, 3.05) is 11.9 Å². The Labute approximate surface area is 134 Å². The van der Waals surface area contributed by atoms with Gasteiger partial charge in [0.15, 0.2) is 0 Å². The third-order valence-electron chi connectivity index (χ3n) is 3.01. The molecule has 2 aromatic carbocycles. The van der Waals surface area contributed by atoms with Crippen molar-refractivity contribution in [3.63, 3.8) is 0 Å². The molecule has 0 heterocycles. The van der Waals surface area contributed by atoms with Gasteiger partial charge in [0, 0.05) is 11.3 Å². The molecule has 0 spiro atoms. The van der Waals surface area contributed by atoms with Crippen LogP contribution in [0.1, 0.15) is 34.6 Å². The van der Waals surface area contributed by atoms with Crippen LogP contribution in [0.15, 0.2) is 48.5 Å². The zero-order chi connectivity index (χ0) is 16.8. The Bertz CT molecular complexity index is 696. The van der Waals surface area contributed by atoms with Gasteiger partial charge >= 0.3 is 5.97 Å². The van der Waals surface area contributed by atoms with Crippen LogP contribution < -0.4 is 5.32 Å². The largest absolute Gasteiger partial charge is 0.462 e. The summed E-state index contributed by atoms with van der Waals surface area (Å²) in [6, 6.07) is 11.8. The summed E-state index contributed by atoms with van der Waals surface area (Å²) in [5, 5.41) is 2.64. The van der Waals surface area contributed by atoms with Crippen molar-refractivity contribution in [1.29, 1.82) is 0 Å². The van der Waals surface area contributed by atoms with E-state index in [0.29, 0.717) is 17.9 Å².